The summed E-state index contributed by atoms with van der Waals surface area (Å²) in [6, 6.07) is 0. The Morgan fingerprint density at radius 1 is 1.56 bits per heavy atom. The van der Waals surface area contributed by atoms with E-state index in [4.69, 9.17) is 11.6 Å². The van der Waals surface area contributed by atoms with Gasteiger partial charge in [-0.25, -0.2) is 4.98 Å². The van der Waals surface area contributed by atoms with Gasteiger partial charge in [-0.3, -0.25) is 4.79 Å². The number of nitrogens with zero attached hydrogens (tertiary/aromatic N) is 3. The van der Waals surface area contributed by atoms with Crippen LogP contribution in [0.15, 0.2) is 11.6 Å². The van der Waals surface area contributed by atoms with Crippen LogP contribution in [-0.4, -0.2) is 20.5 Å². The highest BCUT2D eigenvalue weighted by atomic mass is 35.5. The third-order valence-electron chi connectivity index (χ3n) is 1.67. The van der Waals surface area contributed by atoms with Crippen LogP contribution in [0.5, 0.6) is 0 Å². The highest BCUT2D eigenvalue weighted by Gasteiger charge is 2.08. The molecule has 0 atom stereocenters. The SMILES string of the molecule is O=C(Cc1nc(CCl)cs1)Nc1cnns1. The molecule has 0 aliphatic rings. The average molecular weight is 275 g/mol. The minimum atomic E-state index is -0.124. The van der Waals surface area contributed by atoms with Crippen LogP contribution < -0.4 is 5.32 Å². The molecule has 0 spiro atoms. The summed E-state index contributed by atoms with van der Waals surface area (Å²) in [5.74, 6) is 0.248. The third kappa shape index (κ3) is 2.97. The van der Waals surface area contributed by atoms with E-state index in [1.807, 2.05) is 5.38 Å². The Balaban J connectivity index is 1.92. The predicted octanol–water partition coefficient (Wildman–Crippen LogP) is 1.91. The lowest BCUT2D eigenvalue weighted by Crippen LogP contribution is -2.13. The van der Waals surface area contributed by atoms with Crippen LogP contribution in [-0.2, 0) is 17.1 Å². The fourth-order valence-electron chi connectivity index (χ4n) is 1.03. The van der Waals surface area contributed by atoms with Gasteiger partial charge in [0.15, 0.2) is 0 Å². The molecule has 0 aliphatic heterocycles. The first kappa shape index (κ1) is 11.4. The number of rotatable bonds is 4. The molecule has 0 bridgehead atoms. The molecule has 0 radical (unpaired) electrons. The van der Waals surface area contributed by atoms with E-state index < -0.39 is 0 Å². The van der Waals surface area contributed by atoms with Crippen molar-refractivity contribution in [1.82, 2.24) is 14.6 Å². The second-order valence-electron chi connectivity index (χ2n) is 2.87. The molecule has 2 aromatic rings. The molecule has 1 amide bonds. The second kappa shape index (κ2) is 5.33. The lowest BCUT2D eigenvalue weighted by Gasteiger charge is -1.97. The first-order valence-electron chi connectivity index (χ1n) is 4.34. The molecular formula is C8H7ClN4OS2. The fraction of sp³-hybridized carbons (Fsp3) is 0.250. The van der Waals surface area contributed by atoms with E-state index in [9.17, 15) is 4.79 Å². The Bertz CT molecular complexity index is 470. The van der Waals surface area contributed by atoms with E-state index in [1.165, 1.54) is 17.5 Å². The minimum Gasteiger partial charge on any atom is -0.315 e. The lowest BCUT2D eigenvalue weighted by molar-refractivity contribution is -0.115. The van der Waals surface area contributed by atoms with Crippen molar-refractivity contribution >= 4 is 45.4 Å². The number of halogens is 1. The van der Waals surface area contributed by atoms with Crippen molar-refractivity contribution in [1.29, 1.82) is 0 Å². The molecule has 0 fully saturated rings. The van der Waals surface area contributed by atoms with E-state index in [1.54, 1.807) is 0 Å². The molecule has 0 unspecified atom stereocenters. The van der Waals surface area contributed by atoms with Crippen molar-refractivity contribution in [2.24, 2.45) is 0 Å². The van der Waals surface area contributed by atoms with Gasteiger partial charge in [-0.05, 0) is 0 Å². The maximum atomic E-state index is 11.6. The van der Waals surface area contributed by atoms with Crippen molar-refractivity contribution in [3.05, 3.63) is 22.3 Å². The van der Waals surface area contributed by atoms with Gasteiger partial charge in [-0.1, -0.05) is 4.49 Å². The van der Waals surface area contributed by atoms with Gasteiger partial charge in [0, 0.05) is 16.9 Å². The molecular weight excluding hydrogens is 268 g/mol. The third-order valence-corrected chi connectivity index (χ3v) is 3.42. The Morgan fingerprint density at radius 2 is 2.44 bits per heavy atom. The summed E-state index contributed by atoms with van der Waals surface area (Å²) in [5, 5.41) is 9.55. The molecule has 1 N–H and O–H groups in total. The monoisotopic (exact) mass is 274 g/mol. The summed E-state index contributed by atoms with van der Waals surface area (Å²) in [4.78, 5) is 15.7. The van der Waals surface area contributed by atoms with E-state index in [-0.39, 0.29) is 12.3 Å². The number of amides is 1. The number of hydrogen-bond acceptors (Lipinski definition) is 6. The van der Waals surface area contributed by atoms with Gasteiger partial charge in [0.05, 0.1) is 24.2 Å². The number of anilines is 1. The second-order valence-corrected chi connectivity index (χ2v) is 4.87. The van der Waals surface area contributed by atoms with Crippen molar-refractivity contribution in [2.45, 2.75) is 12.3 Å². The zero-order chi connectivity index (χ0) is 11.4. The number of alkyl halides is 1. The Hall–Kier alpha value is -1.05. The first-order valence-corrected chi connectivity index (χ1v) is 6.53. The minimum absolute atomic E-state index is 0.124. The standard InChI is InChI=1S/C8H7ClN4OS2/c9-2-5-4-15-7(11-5)1-6(14)12-8-3-10-13-16-8/h3-4H,1-2H2,(H,12,14). The summed E-state index contributed by atoms with van der Waals surface area (Å²) in [7, 11) is 0. The molecule has 0 saturated heterocycles. The van der Waals surface area contributed by atoms with Gasteiger partial charge in [0.25, 0.3) is 0 Å². The van der Waals surface area contributed by atoms with Crippen LogP contribution in [0.2, 0.25) is 0 Å². The van der Waals surface area contributed by atoms with Crippen LogP contribution >= 0.6 is 34.5 Å². The van der Waals surface area contributed by atoms with Gasteiger partial charge in [-0.15, -0.1) is 28.0 Å². The van der Waals surface area contributed by atoms with Gasteiger partial charge in [-0.2, -0.15) is 0 Å². The highest BCUT2D eigenvalue weighted by Crippen LogP contribution is 2.14. The quantitative estimate of drug-likeness (QED) is 0.865. The van der Waals surface area contributed by atoms with Crippen molar-refractivity contribution < 1.29 is 4.79 Å². The molecule has 2 heterocycles. The smallest absolute Gasteiger partial charge is 0.231 e. The first-order chi connectivity index (χ1) is 7.78. The predicted molar refractivity (Wildman–Crippen MR) is 63.9 cm³/mol. The summed E-state index contributed by atoms with van der Waals surface area (Å²) in [6.07, 6.45) is 1.76. The molecule has 2 aromatic heterocycles. The Morgan fingerprint density at radius 3 is 3.06 bits per heavy atom. The summed E-state index contributed by atoms with van der Waals surface area (Å²) in [5.41, 5.74) is 0.800. The zero-order valence-electron chi connectivity index (χ0n) is 8.01. The molecule has 2 rings (SSSR count). The van der Waals surface area contributed by atoms with Crippen LogP contribution in [0.25, 0.3) is 0 Å². The Labute approximate surface area is 105 Å². The van der Waals surface area contributed by atoms with Gasteiger partial charge < -0.3 is 5.32 Å². The van der Waals surface area contributed by atoms with Crippen molar-refractivity contribution in [2.75, 3.05) is 5.32 Å². The summed E-state index contributed by atoms with van der Waals surface area (Å²) in [6.45, 7) is 0. The number of thiazole rings is 1. The summed E-state index contributed by atoms with van der Waals surface area (Å²) >= 11 is 8.19. The molecule has 8 heteroatoms. The maximum Gasteiger partial charge on any atom is 0.231 e. The topological polar surface area (TPSA) is 67.8 Å². The highest BCUT2D eigenvalue weighted by molar-refractivity contribution is 7.10. The molecule has 0 aliphatic carbocycles. The van der Waals surface area contributed by atoms with Crippen LogP contribution in [0, 0.1) is 0 Å². The Kier molecular flexibility index (Phi) is 3.81. The normalized spacial score (nSPS) is 10.3. The van der Waals surface area contributed by atoms with Gasteiger partial charge >= 0.3 is 0 Å². The zero-order valence-corrected chi connectivity index (χ0v) is 10.4. The molecule has 0 saturated carbocycles. The number of aromatic nitrogens is 3. The fourth-order valence-corrected chi connectivity index (χ4v) is 2.49. The summed E-state index contributed by atoms with van der Waals surface area (Å²) < 4.78 is 3.65. The molecule has 5 nitrogen and oxygen atoms in total. The van der Waals surface area contributed by atoms with E-state index in [0.29, 0.717) is 10.9 Å². The number of hydrogen-bond donors (Lipinski definition) is 1. The van der Waals surface area contributed by atoms with E-state index in [0.717, 1.165) is 22.2 Å². The van der Waals surface area contributed by atoms with Crippen LogP contribution in [0.4, 0.5) is 5.00 Å². The molecule has 0 aromatic carbocycles. The van der Waals surface area contributed by atoms with Crippen LogP contribution in [0.1, 0.15) is 10.7 Å². The largest absolute Gasteiger partial charge is 0.315 e. The molecule has 16 heavy (non-hydrogen) atoms. The molecule has 84 valence electrons. The van der Waals surface area contributed by atoms with Crippen molar-refractivity contribution in [3.8, 4) is 0 Å². The van der Waals surface area contributed by atoms with E-state index >= 15 is 0 Å². The number of carbonyl (C=O) groups is 1. The van der Waals surface area contributed by atoms with E-state index in [2.05, 4.69) is 19.9 Å². The maximum absolute atomic E-state index is 11.6. The number of carbonyl (C=O) groups excluding carboxylic acids is 1. The van der Waals surface area contributed by atoms with Gasteiger partial charge in [0.2, 0.25) is 5.91 Å². The average Bonchev–Trinajstić information content (AvgIpc) is 2.89. The van der Waals surface area contributed by atoms with Crippen LogP contribution in [0.3, 0.4) is 0 Å². The van der Waals surface area contributed by atoms with Crippen molar-refractivity contribution in [3.63, 3.8) is 0 Å². The number of nitrogens with one attached hydrogen (secondary N) is 1. The van der Waals surface area contributed by atoms with Gasteiger partial charge in [0.1, 0.15) is 10.0 Å². The lowest BCUT2D eigenvalue weighted by atomic mass is 10.4.